The van der Waals surface area contributed by atoms with Gasteiger partial charge in [-0.25, -0.2) is 4.99 Å². The van der Waals surface area contributed by atoms with E-state index in [1.165, 1.54) is 38.1 Å². The van der Waals surface area contributed by atoms with E-state index in [1.807, 2.05) is 11.0 Å². The van der Waals surface area contributed by atoms with E-state index < -0.39 is 11.3 Å². The number of benzene rings is 1. The number of ether oxygens (including phenoxy) is 3. The van der Waals surface area contributed by atoms with Crippen LogP contribution in [0.25, 0.3) is 0 Å². The molecule has 0 aromatic heterocycles. The fraction of sp³-hybridized carbons (Fsp3) is 0.565. The summed E-state index contributed by atoms with van der Waals surface area (Å²) in [6.07, 6.45) is 6.66. The minimum absolute atomic E-state index is 0.160. The Bertz CT molecular complexity index is 971. The number of carbonyl (C=O) groups is 2. The molecule has 2 heterocycles. The van der Waals surface area contributed by atoms with Crippen molar-refractivity contribution in [2.24, 2.45) is 15.9 Å². The molecule has 1 aromatic carbocycles. The second-order valence-electron chi connectivity index (χ2n) is 8.30. The number of esters is 1. The van der Waals surface area contributed by atoms with Gasteiger partial charge in [0.2, 0.25) is 0 Å². The molecule has 0 bridgehead atoms. The van der Waals surface area contributed by atoms with Crippen molar-refractivity contribution in [2.45, 2.75) is 56.7 Å². The summed E-state index contributed by atoms with van der Waals surface area (Å²) in [5.74, 6) is 1.63. The van der Waals surface area contributed by atoms with Gasteiger partial charge in [0.1, 0.15) is 17.1 Å². The average Bonchev–Trinajstić information content (AvgIpc) is 3.14. The van der Waals surface area contributed by atoms with Crippen molar-refractivity contribution in [3.05, 3.63) is 17.7 Å². The maximum absolute atomic E-state index is 13.1. The Morgan fingerprint density at radius 2 is 1.81 bits per heavy atom. The van der Waals surface area contributed by atoms with Crippen LogP contribution in [0.5, 0.6) is 11.5 Å². The third-order valence-corrected chi connectivity index (χ3v) is 7.35. The predicted molar refractivity (Wildman–Crippen MR) is 124 cm³/mol. The van der Waals surface area contributed by atoms with Gasteiger partial charge in [0.25, 0.3) is 5.91 Å². The van der Waals surface area contributed by atoms with E-state index in [9.17, 15) is 9.59 Å². The number of aliphatic imine (C=N–C) groups is 2. The second-order valence-corrected chi connectivity index (χ2v) is 9.61. The first-order valence-electron chi connectivity index (χ1n) is 11.0. The Kier molecular flexibility index (Phi) is 6.74. The van der Waals surface area contributed by atoms with Crippen molar-refractivity contribution in [1.82, 2.24) is 4.90 Å². The van der Waals surface area contributed by atoms with Crippen LogP contribution in [0.1, 0.15) is 51.0 Å². The van der Waals surface area contributed by atoms with Crippen LogP contribution < -0.4 is 9.47 Å². The van der Waals surface area contributed by atoms with Crippen molar-refractivity contribution >= 4 is 40.3 Å². The highest BCUT2D eigenvalue weighted by Gasteiger charge is 2.44. The number of hydrogen-bond donors (Lipinski definition) is 0. The lowest BCUT2D eigenvalue weighted by molar-refractivity contribution is -0.139. The van der Waals surface area contributed by atoms with Gasteiger partial charge in [-0.15, -0.1) is 0 Å². The third kappa shape index (κ3) is 4.22. The molecule has 0 saturated heterocycles. The summed E-state index contributed by atoms with van der Waals surface area (Å²) in [5, 5.41) is 0.0979. The van der Waals surface area contributed by atoms with Crippen LogP contribution in [-0.4, -0.2) is 60.4 Å². The van der Waals surface area contributed by atoms with Gasteiger partial charge in [-0.1, -0.05) is 43.9 Å². The lowest BCUT2D eigenvalue weighted by Gasteiger charge is -2.34. The molecule has 1 aromatic rings. The highest BCUT2D eigenvalue weighted by Crippen LogP contribution is 2.42. The molecule has 0 spiro atoms. The number of fused-ring (bicyclic) bond motifs is 3. The number of hydrogen-bond acceptors (Lipinski definition) is 8. The number of thioether (sulfide) groups is 1. The predicted octanol–water partition coefficient (Wildman–Crippen LogP) is 3.93. The van der Waals surface area contributed by atoms with Crippen molar-refractivity contribution in [3.8, 4) is 11.5 Å². The number of carbonyl (C=O) groups excluding carboxylic acids is 2. The smallest absolute Gasteiger partial charge is 0.318 e. The summed E-state index contributed by atoms with van der Waals surface area (Å²) >= 11 is 1.28. The van der Waals surface area contributed by atoms with E-state index in [2.05, 4.69) is 4.99 Å². The van der Waals surface area contributed by atoms with Gasteiger partial charge in [-0.3, -0.25) is 14.5 Å². The normalized spacial score (nSPS) is 21.3. The summed E-state index contributed by atoms with van der Waals surface area (Å²) in [6, 6.07) is 3.17. The largest absolute Gasteiger partial charge is 0.493 e. The van der Waals surface area contributed by atoms with E-state index in [0.29, 0.717) is 34.1 Å². The van der Waals surface area contributed by atoms with Gasteiger partial charge in [-0.05, 0) is 25.3 Å². The fourth-order valence-corrected chi connectivity index (χ4v) is 5.59. The molecule has 2 atom stereocenters. The second kappa shape index (κ2) is 9.52. The molecule has 0 unspecified atom stereocenters. The molecule has 0 radical (unpaired) electrons. The van der Waals surface area contributed by atoms with Crippen LogP contribution >= 0.6 is 11.8 Å². The minimum atomic E-state index is -0.479. The lowest BCUT2D eigenvalue weighted by Crippen LogP contribution is -2.45. The van der Waals surface area contributed by atoms with E-state index in [4.69, 9.17) is 19.2 Å². The first kappa shape index (κ1) is 22.6. The van der Waals surface area contributed by atoms with Crippen molar-refractivity contribution in [2.75, 3.05) is 21.3 Å². The quantitative estimate of drug-likeness (QED) is 0.596. The molecule has 3 aliphatic rings. The SMILES string of the molecule is COC(=O)[C@H](C)SC1=Nc2cc(OC)c(OC)cc2C2=NC(=O)[C@@H](CC3CCCCC3)N12. The fourth-order valence-electron chi connectivity index (χ4n) is 4.60. The highest BCUT2D eigenvalue weighted by molar-refractivity contribution is 8.14. The standard InChI is InChI=1S/C23H29N3O5S/c1-13(22(28)31-4)32-23-24-16-12-19(30-3)18(29-2)11-15(16)20-25-21(27)17(26(20)23)10-14-8-6-5-7-9-14/h11-14,17H,5-10H2,1-4H3/t13-,17+/m0/s1. The van der Waals surface area contributed by atoms with Gasteiger partial charge >= 0.3 is 5.97 Å². The zero-order chi connectivity index (χ0) is 22.8. The maximum atomic E-state index is 13.1. The van der Waals surface area contributed by atoms with Crippen LogP contribution in [0, 0.1) is 5.92 Å². The van der Waals surface area contributed by atoms with E-state index in [-0.39, 0.29) is 11.9 Å². The van der Waals surface area contributed by atoms with Crippen LogP contribution in [-0.2, 0) is 14.3 Å². The Morgan fingerprint density at radius 1 is 1.12 bits per heavy atom. The minimum Gasteiger partial charge on any atom is -0.493 e. The van der Waals surface area contributed by atoms with Crippen LogP contribution in [0.3, 0.4) is 0 Å². The van der Waals surface area contributed by atoms with E-state index in [1.54, 1.807) is 27.2 Å². The monoisotopic (exact) mass is 459 g/mol. The Balaban J connectivity index is 1.74. The average molecular weight is 460 g/mol. The third-order valence-electron chi connectivity index (χ3n) is 6.30. The maximum Gasteiger partial charge on any atom is 0.318 e. The van der Waals surface area contributed by atoms with E-state index in [0.717, 1.165) is 24.8 Å². The molecule has 4 rings (SSSR count). The van der Waals surface area contributed by atoms with Gasteiger partial charge in [0.15, 0.2) is 16.7 Å². The van der Waals surface area contributed by atoms with Gasteiger partial charge in [-0.2, -0.15) is 4.99 Å². The van der Waals surface area contributed by atoms with Crippen molar-refractivity contribution < 1.29 is 23.8 Å². The summed E-state index contributed by atoms with van der Waals surface area (Å²) in [7, 11) is 4.50. The molecule has 2 aliphatic heterocycles. The van der Waals surface area contributed by atoms with Crippen molar-refractivity contribution in [1.29, 1.82) is 0 Å². The molecule has 9 heteroatoms. The molecule has 1 aliphatic carbocycles. The Morgan fingerprint density at radius 3 is 2.47 bits per heavy atom. The molecule has 0 N–H and O–H groups in total. The first-order valence-corrected chi connectivity index (χ1v) is 11.9. The molecular formula is C23H29N3O5S. The van der Waals surface area contributed by atoms with Gasteiger partial charge < -0.3 is 14.2 Å². The zero-order valence-corrected chi connectivity index (χ0v) is 19.7. The lowest BCUT2D eigenvalue weighted by atomic mass is 9.84. The molecule has 1 fully saturated rings. The summed E-state index contributed by atoms with van der Waals surface area (Å²) in [5.41, 5.74) is 1.35. The van der Waals surface area contributed by atoms with Crippen LogP contribution in [0.15, 0.2) is 22.1 Å². The molecule has 1 amide bonds. The number of methoxy groups -OCH3 is 3. The number of amides is 1. The molecule has 172 valence electrons. The molecule has 32 heavy (non-hydrogen) atoms. The van der Waals surface area contributed by atoms with Crippen LogP contribution in [0.2, 0.25) is 0 Å². The first-order chi connectivity index (χ1) is 15.5. The topological polar surface area (TPSA) is 89.8 Å². The van der Waals surface area contributed by atoms with Gasteiger partial charge in [0, 0.05) is 11.6 Å². The summed E-state index contributed by atoms with van der Waals surface area (Å²) < 4.78 is 15.8. The van der Waals surface area contributed by atoms with E-state index >= 15 is 0 Å². The number of nitrogens with zero attached hydrogens (tertiary/aromatic N) is 3. The molecule has 8 nitrogen and oxygen atoms in total. The summed E-state index contributed by atoms with van der Waals surface area (Å²) in [6.45, 7) is 1.77. The Hall–Kier alpha value is -2.55. The van der Waals surface area contributed by atoms with Crippen molar-refractivity contribution in [3.63, 3.8) is 0 Å². The zero-order valence-electron chi connectivity index (χ0n) is 18.9. The molecular weight excluding hydrogens is 430 g/mol. The Labute approximate surface area is 192 Å². The molecule has 1 saturated carbocycles. The van der Waals surface area contributed by atoms with Crippen LogP contribution in [0.4, 0.5) is 5.69 Å². The summed E-state index contributed by atoms with van der Waals surface area (Å²) in [4.78, 5) is 36.4. The number of rotatable bonds is 6. The van der Waals surface area contributed by atoms with Gasteiger partial charge in [0.05, 0.1) is 27.0 Å². The highest BCUT2D eigenvalue weighted by atomic mass is 32.2. The number of amidine groups is 2.